The Hall–Kier alpha value is -1.22. The number of nitrogens with one attached hydrogen (secondary N) is 1. The molecule has 0 radical (unpaired) electrons. The summed E-state index contributed by atoms with van der Waals surface area (Å²) >= 11 is 0. The number of rotatable bonds is 17. The van der Waals surface area contributed by atoms with E-state index in [1.54, 1.807) is 21.1 Å². The van der Waals surface area contributed by atoms with Crippen LogP contribution in [0.1, 0.15) is 25.7 Å². The Kier molecular flexibility index (Phi) is 14.3. The highest BCUT2D eigenvalue weighted by Crippen LogP contribution is 2.55. The van der Waals surface area contributed by atoms with Crippen molar-refractivity contribution in [1.29, 1.82) is 0 Å². The zero-order chi connectivity index (χ0) is 35.3. The lowest BCUT2D eigenvalue weighted by Gasteiger charge is -2.37. The molecule has 0 aromatic carbocycles. The zero-order valence-corrected chi connectivity index (χ0v) is 24.7. The van der Waals surface area contributed by atoms with Crippen LogP contribution in [0.4, 0.5) is 61.5 Å². The lowest BCUT2D eigenvalue weighted by atomic mass is 9.80. The summed E-state index contributed by atoms with van der Waals surface area (Å²) in [5.41, 5.74) is -12.7. The van der Waals surface area contributed by atoms with Gasteiger partial charge in [0, 0.05) is 25.1 Å². The fraction of sp³-hybridized carbons (Fsp3) is 0.950. The van der Waals surface area contributed by atoms with Gasteiger partial charge in [-0.05, 0) is 18.8 Å². The normalized spacial score (nSPS) is 17.3. The van der Waals surface area contributed by atoms with E-state index >= 15 is 0 Å². The van der Waals surface area contributed by atoms with Crippen LogP contribution < -0.4 is 4.72 Å². The quantitative estimate of drug-likeness (QED) is 0.0674. The largest absolute Gasteiger partial charge is 0.472 e. The van der Waals surface area contributed by atoms with Crippen LogP contribution in [0.3, 0.4) is 0 Å². The highest BCUT2D eigenvalue weighted by Gasteiger charge is 2.75. The van der Waals surface area contributed by atoms with Crippen molar-refractivity contribution >= 4 is 22.8 Å². The van der Waals surface area contributed by atoms with Crippen LogP contribution in [0.15, 0.2) is 0 Å². The molecule has 0 aliphatic carbocycles. The minimum Gasteiger partial charge on any atom is -0.329 e. The average molecular weight is 723 g/mol. The Morgan fingerprint density at radius 2 is 1.18 bits per heavy atom. The molecule has 0 saturated heterocycles. The lowest BCUT2D eigenvalue weighted by Crippen LogP contribution is -2.57. The van der Waals surface area contributed by atoms with Crippen molar-refractivity contribution in [1.82, 2.24) is 4.72 Å². The smallest absolute Gasteiger partial charge is 0.329 e. The summed E-state index contributed by atoms with van der Waals surface area (Å²) in [6.45, 7) is -1.59. The second-order valence-electron chi connectivity index (χ2n) is 10.5. The number of halogens is 14. The van der Waals surface area contributed by atoms with Gasteiger partial charge in [-0.25, -0.2) is 27.1 Å². The summed E-state index contributed by atoms with van der Waals surface area (Å²) < 4.78 is 220. The molecular weight excluding hydrogens is 693 g/mol. The molecule has 8 nitrogen and oxygen atoms in total. The Labute approximate surface area is 242 Å². The van der Waals surface area contributed by atoms with Crippen LogP contribution in [-0.2, 0) is 28.1 Å². The Morgan fingerprint density at radius 1 is 0.795 bits per heavy atom. The average Bonchev–Trinajstić information content (AvgIpc) is 2.77. The van der Waals surface area contributed by atoms with Crippen LogP contribution in [0.25, 0.3) is 0 Å². The van der Waals surface area contributed by atoms with Crippen molar-refractivity contribution < 1.29 is 93.5 Å². The van der Waals surface area contributed by atoms with E-state index in [9.17, 15) is 79.9 Å². The van der Waals surface area contributed by atoms with Crippen molar-refractivity contribution in [2.75, 3.05) is 53.2 Å². The third kappa shape index (κ3) is 12.5. The molecule has 264 valence electrons. The first-order valence-electron chi connectivity index (χ1n) is 12.0. The van der Waals surface area contributed by atoms with Gasteiger partial charge in [-0.15, -0.1) is 0 Å². The van der Waals surface area contributed by atoms with Gasteiger partial charge in [-0.2, -0.15) is 52.7 Å². The molecule has 0 fully saturated rings. The number of hydrogen-bond donors (Lipinski definition) is 2. The molecule has 0 aromatic heterocycles. The predicted octanol–water partition coefficient (Wildman–Crippen LogP) is 5.52. The lowest BCUT2D eigenvalue weighted by molar-refractivity contribution is -0.870. The molecule has 0 aliphatic rings. The molecule has 2 atom stereocenters. The topological polar surface area (TPSA) is 102 Å². The summed E-state index contributed by atoms with van der Waals surface area (Å²) in [4.78, 5) is 20.7. The molecule has 2 N–H and O–H groups in total. The summed E-state index contributed by atoms with van der Waals surface area (Å²) in [7, 11) is -3.74. The standard InChI is InChI=1S/C20H29F14N2O6PS/c1-36(2,3)7-9-42-43(38,39)41-8-6-35-44(40,13-37)10-4-5-14(11-15(21,17(23,24)25)18(26,27)28)12-16(22,19(29,30)31)20(32,33)34/h14H,4-12H2,1-3H3,(H-,35,38,39,40)/p+1. The van der Waals surface area contributed by atoms with E-state index in [1.165, 1.54) is 0 Å². The van der Waals surface area contributed by atoms with Gasteiger partial charge in [0.2, 0.25) is 5.23 Å². The van der Waals surface area contributed by atoms with Gasteiger partial charge < -0.3 is 9.38 Å². The Balaban J connectivity index is 5.80. The zero-order valence-electron chi connectivity index (χ0n) is 23.0. The highest BCUT2D eigenvalue weighted by atomic mass is 32.2. The van der Waals surface area contributed by atoms with Gasteiger partial charge in [0.05, 0.1) is 27.7 Å². The minimum atomic E-state index is -6.91. The summed E-state index contributed by atoms with van der Waals surface area (Å²) in [6, 6.07) is 0. The number of phosphoric acid groups is 1. The number of alkyl halides is 14. The van der Waals surface area contributed by atoms with E-state index in [4.69, 9.17) is 0 Å². The van der Waals surface area contributed by atoms with E-state index in [0.29, 0.717) is 4.48 Å². The first-order valence-corrected chi connectivity index (χ1v) is 15.2. The Bertz CT molecular complexity index is 1050. The molecular formula is C20H30F14N2O6PS+. The van der Waals surface area contributed by atoms with Crippen LogP contribution in [-0.4, -0.2) is 108 Å². The van der Waals surface area contributed by atoms with Crippen LogP contribution in [0.2, 0.25) is 0 Å². The SMILES string of the molecule is C[N+](C)(C)CCOP(=O)(O)OCCNS(=O)(=C=O)CCCC(CC(F)(C(F)(F)F)C(F)(F)F)CC(F)(C(F)(F)F)C(F)(F)F. The summed E-state index contributed by atoms with van der Waals surface area (Å²) in [5, 5.41) is 0.872. The number of carbonyl (C=O) groups excluding carboxylic acids is 1. The van der Waals surface area contributed by atoms with E-state index in [0.717, 1.165) is 5.23 Å². The molecule has 2 unspecified atom stereocenters. The maximum atomic E-state index is 14.3. The third-order valence-corrected chi connectivity index (χ3v) is 8.65. The molecule has 0 aromatic rings. The first-order chi connectivity index (χ1) is 19.3. The maximum Gasteiger partial charge on any atom is 0.472 e. The molecule has 0 bridgehead atoms. The van der Waals surface area contributed by atoms with Gasteiger partial charge in [0.1, 0.15) is 22.9 Å². The molecule has 24 heteroatoms. The van der Waals surface area contributed by atoms with Crippen LogP contribution in [0, 0.1) is 5.92 Å². The maximum absolute atomic E-state index is 14.3. The number of nitrogens with zero attached hydrogens (tertiary/aromatic N) is 1. The molecule has 0 heterocycles. The third-order valence-electron chi connectivity index (χ3n) is 5.82. The van der Waals surface area contributed by atoms with E-state index in [1.807, 2.05) is 4.72 Å². The van der Waals surface area contributed by atoms with Gasteiger partial charge in [-0.1, -0.05) is 0 Å². The number of phosphoric ester groups is 1. The highest BCUT2D eigenvalue weighted by molar-refractivity contribution is 7.98. The van der Waals surface area contributed by atoms with Crippen molar-refractivity contribution in [3.05, 3.63) is 0 Å². The first kappa shape index (κ1) is 42.8. The van der Waals surface area contributed by atoms with Gasteiger partial charge in [0.25, 0.3) is 11.3 Å². The van der Waals surface area contributed by atoms with Crippen LogP contribution >= 0.6 is 7.82 Å². The van der Waals surface area contributed by atoms with Crippen molar-refractivity contribution in [2.24, 2.45) is 5.92 Å². The molecule has 0 amide bonds. The summed E-state index contributed by atoms with van der Waals surface area (Å²) in [6.07, 6.45) is -36.7. The second-order valence-corrected chi connectivity index (χ2v) is 14.2. The van der Waals surface area contributed by atoms with Gasteiger partial charge >= 0.3 is 32.5 Å². The number of hydrogen-bond acceptors (Lipinski definition) is 5. The van der Waals surface area contributed by atoms with E-state index in [2.05, 4.69) is 9.05 Å². The molecule has 0 spiro atoms. The van der Waals surface area contributed by atoms with E-state index < -0.39 is 104 Å². The number of quaternary nitrogens is 1. The fourth-order valence-corrected chi connectivity index (χ4v) is 5.39. The van der Waals surface area contributed by atoms with Crippen molar-refractivity contribution in [3.63, 3.8) is 0 Å². The second kappa shape index (κ2) is 14.7. The van der Waals surface area contributed by atoms with Gasteiger partial charge in [0.15, 0.2) is 0 Å². The molecule has 0 saturated carbocycles. The van der Waals surface area contributed by atoms with Crippen LogP contribution in [0.5, 0.6) is 0 Å². The van der Waals surface area contributed by atoms with Crippen molar-refractivity contribution in [2.45, 2.75) is 61.7 Å². The fourth-order valence-electron chi connectivity index (χ4n) is 3.41. The van der Waals surface area contributed by atoms with Crippen molar-refractivity contribution in [3.8, 4) is 0 Å². The summed E-state index contributed by atoms with van der Waals surface area (Å²) in [5.74, 6) is -4.49. The molecule has 0 aliphatic heterocycles. The van der Waals surface area contributed by atoms with E-state index in [-0.39, 0.29) is 13.2 Å². The predicted molar refractivity (Wildman–Crippen MR) is 125 cm³/mol. The Morgan fingerprint density at radius 3 is 1.52 bits per heavy atom. The minimum absolute atomic E-state index is 0.242. The molecule has 44 heavy (non-hydrogen) atoms. The monoisotopic (exact) mass is 723 g/mol. The number of likely N-dealkylation sites (N-methyl/N-ethyl adjacent to an activating group) is 1. The molecule has 0 rings (SSSR count). The van der Waals surface area contributed by atoms with Gasteiger partial charge in [-0.3, -0.25) is 9.05 Å².